The molecule has 5 rings (SSSR count). The molecule has 1 aliphatic rings. The molecule has 0 amide bonds. The number of ether oxygens (including phenoxy) is 2. The molecular weight excluding hydrogens is 492 g/mol. The maximum absolute atomic E-state index is 10.4. The third-order valence-corrected chi connectivity index (χ3v) is 8.06. The summed E-state index contributed by atoms with van der Waals surface area (Å²) in [4.78, 5) is 17.7. The summed E-state index contributed by atoms with van der Waals surface area (Å²) in [5.74, 6) is 2.15. The average molecular weight is 519 g/mol. The Balaban J connectivity index is 1.27. The van der Waals surface area contributed by atoms with Crippen LogP contribution in [0.3, 0.4) is 0 Å². The Morgan fingerprint density at radius 3 is 2.89 bits per heavy atom. The number of aliphatic hydroxyl groups excluding tert-OH is 3. The van der Waals surface area contributed by atoms with E-state index in [-0.39, 0.29) is 6.04 Å². The largest absolute Gasteiger partial charge is 0.494 e. The van der Waals surface area contributed by atoms with Crippen LogP contribution < -0.4 is 10.1 Å². The lowest BCUT2D eigenvalue weighted by molar-refractivity contribution is -0.0511. The first-order valence-corrected chi connectivity index (χ1v) is 13.0. The van der Waals surface area contributed by atoms with E-state index in [1.165, 1.54) is 12.7 Å². The van der Waals surface area contributed by atoms with Crippen molar-refractivity contribution in [3.8, 4) is 5.75 Å². The van der Waals surface area contributed by atoms with Crippen LogP contribution in [0.4, 0.5) is 5.82 Å². The second-order valence-corrected chi connectivity index (χ2v) is 10.5. The van der Waals surface area contributed by atoms with E-state index in [0.29, 0.717) is 23.6 Å². The summed E-state index contributed by atoms with van der Waals surface area (Å²) in [6.07, 6.45) is -1.31. The SMILES string of the molecule is CCOc1ccc2nc(SC[C@@H](C)Nc3ncnc4c3ncn4[C@@H]3O[C@H](CO)C(O)C3O)sc2c1. The van der Waals surface area contributed by atoms with Crippen molar-refractivity contribution in [3.05, 3.63) is 30.9 Å². The number of anilines is 1. The summed E-state index contributed by atoms with van der Waals surface area (Å²) in [5.41, 5.74) is 1.92. The number of aromatic nitrogens is 5. The van der Waals surface area contributed by atoms with Crippen molar-refractivity contribution in [1.82, 2.24) is 24.5 Å². The van der Waals surface area contributed by atoms with Gasteiger partial charge in [0, 0.05) is 11.8 Å². The van der Waals surface area contributed by atoms with E-state index in [1.54, 1.807) is 27.7 Å². The molecule has 5 atom stereocenters. The van der Waals surface area contributed by atoms with Gasteiger partial charge in [-0.1, -0.05) is 11.8 Å². The summed E-state index contributed by atoms with van der Waals surface area (Å²) in [6.45, 7) is 4.24. The molecule has 0 saturated carbocycles. The molecule has 11 nitrogen and oxygen atoms in total. The van der Waals surface area contributed by atoms with E-state index >= 15 is 0 Å². The number of imidazole rings is 1. The fraction of sp³-hybridized carbons (Fsp3) is 0.455. The van der Waals surface area contributed by atoms with Gasteiger partial charge in [0.15, 0.2) is 27.5 Å². The van der Waals surface area contributed by atoms with E-state index in [1.807, 2.05) is 32.0 Å². The quantitative estimate of drug-likeness (QED) is 0.241. The molecule has 35 heavy (non-hydrogen) atoms. The lowest BCUT2D eigenvalue weighted by Gasteiger charge is -2.17. The molecule has 4 aromatic rings. The lowest BCUT2D eigenvalue weighted by atomic mass is 10.1. The highest BCUT2D eigenvalue weighted by molar-refractivity contribution is 8.01. The van der Waals surface area contributed by atoms with Gasteiger partial charge in [0.1, 0.15) is 30.4 Å². The smallest absolute Gasteiger partial charge is 0.167 e. The van der Waals surface area contributed by atoms with E-state index < -0.39 is 31.1 Å². The summed E-state index contributed by atoms with van der Waals surface area (Å²) in [6, 6.07) is 5.97. The first-order chi connectivity index (χ1) is 17.0. The van der Waals surface area contributed by atoms with Crippen molar-refractivity contribution in [3.63, 3.8) is 0 Å². The number of fused-ring (bicyclic) bond motifs is 2. The topological polar surface area (TPSA) is 148 Å². The molecule has 186 valence electrons. The molecule has 1 aromatic carbocycles. The van der Waals surface area contributed by atoms with Crippen LogP contribution in [0.15, 0.2) is 35.2 Å². The number of hydrogen-bond donors (Lipinski definition) is 4. The minimum atomic E-state index is -1.22. The number of thiazole rings is 1. The standard InChI is InChI=1S/C22H26N6O5S2/c1-3-32-12-4-5-13-15(6-12)35-22(27-13)34-8-11(2)26-19-16-20(24-9-23-19)28(10-25-16)21-18(31)17(30)14(7-29)33-21/h4-6,9-11,14,17-18,21,29-31H,3,7-8H2,1-2H3,(H,23,24,26)/t11-,14-,17?,18?,21-/m1/s1. The average Bonchev–Trinajstić information content (AvgIpc) is 3.54. The van der Waals surface area contributed by atoms with Crippen molar-refractivity contribution in [2.45, 2.75) is 48.8 Å². The fourth-order valence-electron chi connectivity index (χ4n) is 3.93. The highest BCUT2D eigenvalue weighted by Gasteiger charge is 2.44. The molecule has 3 aromatic heterocycles. The summed E-state index contributed by atoms with van der Waals surface area (Å²) in [5, 5.41) is 33.2. The molecule has 1 fully saturated rings. The summed E-state index contributed by atoms with van der Waals surface area (Å²) >= 11 is 3.29. The Morgan fingerprint density at radius 2 is 2.11 bits per heavy atom. The van der Waals surface area contributed by atoms with Gasteiger partial charge in [0.05, 0.1) is 29.8 Å². The number of rotatable bonds is 9. The monoisotopic (exact) mass is 518 g/mol. The molecular formula is C22H26N6O5S2. The van der Waals surface area contributed by atoms with Crippen molar-refractivity contribution in [2.24, 2.45) is 0 Å². The minimum absolute atomic E-state index is 0.0446. The molecule has 4 N–H and O–H groups in total. The highest BCUT2D eigenvalue weighted by Crippen LogP contribution is 2.34. The van der Waals surface area contributed by atoms with Crippen LogP contribution in [0.1, 0.15) is 20.1 Å². The molecule has 0 radical (unpaired) electrons. The second-order valence-electron chi connectivity index (χ2n) is 8.17. The Hall–Kier alpha value is -2.55. The third-order valence-electron chi connectivity index (χ3n) is 5.64. The van der Waals surface area contributed by atoms with Crippen LogP contribution in [0.5, 0.6) is 5.75 Å². The summed E-state index contributed by atoms with van der Waals surface area (Å²) < 4.78 is 14.8. The van der Waals surface area contributed by atoms with Crippen LogP contribution in [-0.2, 0) is 4.74 Å². The van der Waals surface area contributed by atoms with Crippen LogP contribution in [-0.4, -0.2) is 83.1 Å². The number of benzene rings is 1. The van der Waals surface area contributed by atoms with Gasteiger partial charge in [-0.15, -0.1) is 11.3 Å². The summed E-state index contributed by atoms with van der Waals surface area (Å²) in [7, 11) is 0. The Morgan fingerprint density at radius 1 is 1.26 bits per heavy atom. The number of nitrogens with zero attached hydrogens (tertiary/aromatic N) is 5. The van der Waals surface area contributed by atoms with Gasteiger partial charge in [-0.2, -0.15) is 0 Å². The molecule has 4 heterocycles. The zero-order chi connectivity index (χ0) is 24.5. The van der Waals surface area contributed by atoms with Gasteiger partial charge in [0.25, 0.3) is 0 Å². The molecule has 2 unspecified atom stereocenters. The molecule has 13 heteroatoms. The normalized spacial score (nSPS) is 23.2. The van der Waals surface area contributed by atoms with Gasteiger partial charge in [-0.05, 0) is 32.0 Å². The third kappa shape index (κ3) is 4.79. The van der Waals surface area contributed by atoms with Gasteiger partial charge in [-0.25, -0.2) is 19.9 Å². The second kappa shape index (κ2) is 10.2. The van der Waals surface area contributed by atoms with Gasteiger partial charge >= 0.3 is 0 Å². The van der Waals surface area contributed by atoms with Gasteiger partial charge in [0.2, 0.25) is 0 Å². The van der Waals surface area contributed by atoms with Crippen LogP contribution in [0, 0.1) is 0 Å². The molecule has 0 aliphatic carbocycles. The zero-order valence-electron chi connectivity index (χ0n) is 19.1. The lowest BCUT2D eigenvalue weighted by Crippen LogP contribution is -2.33. The van der Waals surface area contributed by atoms with Crippen molar-refractivity contribution in [2.75, 3.05) is 24.3 Å². The highest BCUT2D eigenvalue weighted by atomic mass is 32.2. The van der Waals surface area contributed by atoms with E-state index in [2.05, 4.69) is 20.3 Å². The van der Waals surface area contributed by atoms with E-state index in [0.717, 1.165) is 26.1 Å². The predicted molar refractivity (Wildman–Crippen MR) is 133 cm³/mol. The van der Waals surface area contributed by atoms with Crippen molar-refractivity contribution < 1.29 is 24.8 Å². The maximum atomic E-state index is 10.4. The van der Waals surface area contributed by atoms with Crippen LogP contribution in [0.2, 0.25) is 0 Å². The van der Waals surface area contributed by atoms with Crippen molar-refractivity contribution >= 4 is 50.3 Å². The number of thioether (sulfide) groups is 1. The van der Waals surface area contributed by atoms with E-state index in [4.69, 9.17) is 14.5 Å². The number of hydrogen-bond acceptors (Lipinski definition) is 12. The van der Waals surface area contributed by atoms with E-state index in [9.17, 15) is 15.3 Å². The maximum Gasteiger partial charge on any atom is 0.167 e. The number of nitrogens with one attached hydrogen (secondary N) is 1. The minimum Gasteiger partial charge on any atom is -0.494 e. The van der Waals surface area contributed by atoms with Crippen molar-refractivity contribution in [1.29, 1.82) is 0 Å². The Kier molecular flexibility index (Phi) is 7.05. The van der Waals surface area contributed by atoms with Gasteiger partial charge in [-0.3, -0.25) is 4.57 Å². The Bertz CT molecular complexity index is 1320. The Labute approximate surface area is 209 Å². The van der Waals surface area contributed by atoms with Gasteiger partial charge < -0.3 is 30.1 Å². The zero-order valence-corrected chi connectivity index (χ0v) is 20.7. The first kappa shape index (κ1) is 24.2. The predicted octanol–water partition coefficient (Wildman–Crippen LogP) is 2.04. The molecule has 0 spiro atoms. The first-order valence-electron chi connectivity index (χ1n) is 11.2. The molecule has 1 saturated heterocycles. The fourth-order valence-corrected chi connectivity index (χ4v) is 6.00. The van der Waals surface area contributed by atoms with Crippen LogP contribution in [0.25, 0.3) is 21.4 Å². The molecule has 0 bridgehead atoms. The molecule has 1 aliphatic heterocycles. The van der Waals surface area contributed by atoms with Crippen LogP contribution >= 0.6 is 23.1 Å². The number of aliphatic hydroxyl groups is 3.